The van der Waals surface area contributed by atoms with E-state index in [0.717, 1.165) is 24.1 Å². The molecule has 18 heavy (non-hydrogen) atoms. The van der Waals surface area contributed by atoms with E-state index in [1.807, 2.05) is 38.2 Å². The highest BCUT2D eigenvalue weighted by atomic mass is 32.2. The van der Waals surface area contributed by atoms with Crippen molar-refractivity contribution in [3.8, 4) is 0 Å². The first-order valence-corrected chi connectivity index (χ1v) is 7.77. The summed E-state index contributed by atoms with van der Waals surface area (Å²) < 4.78 is 25.5. The predicted octanol–water partition coefficient (Wildman–Crippen LogP) is 1.58. The number of hydrogen-bond donors (Lipinski definition) is 1. The van der Waals surface area contributed by atoms with Crippen LogP contribution in [0.2, 0.25) is 0 Å². The van der Waals surface area contributed by atoms with E-state index >= 15 is 0 Å². The summed E-state index contributed by atoms with van der Waals surface area (Å²) in [5.41, 5.74) is 1.98. The van der Waals surface area contributed by atoms with Gasteiger partial charge in [0.1, 0.15) is 0 Å². The molecule has 1 N–H and O–H groups in total. The number of nitrogens with zero attached hydrogens (tertiary/aromatic N) is 1. The molecule has 0 radical (unpaired) electrons. The standard InChI is InChI=1S/C13H22N2O2S/c1-4-9-15(3)18(16,17)11-13-7-5-12(6-8-13)10-14-2/h5-8,14H,4,9-11H2,1-3H3. The fourth-order valence-corrected chi connectivity index (χ4v) is 3.03. The van der Waals surface area contributed by atoms with Gasteiger partial charge in [-0.3, -0.25) is 0 Å². The van der Waals surface area contributed by atoms with E-state index in [2.05, 4.69) is 5.32 Å². The van der Waals surface area contributed by atoms with Gasteiger partial charge in [0.2, 0.25) is 10.0 Å². The lowest BCUT2D eigenvalue weighted by molar-refractivity contribution is 0.467. The summed E-state index contributed by atoms with van der Waals surface area (Å²) in [5, 5.41) is 3.06. The van der Waals surface area contributed by atoms with E-state index in [-0.39, 0.29) is 5.75 Å². The third-order valence-electron chi connectivity index (χ3n) is 2.77. The van der Waals surface area contributed by atoms with Gasteiger partial charge < -0.3 is 5.32 Å². The fourth-order valence-electron chi connectivity index (χ4n) is 1.73. The Morgan fingerprint density at radius 1 is 1.17 bits per heavy atom. The predicted molar refractivity (Wildman–Crippen MR) is 74.8 cm³/mol. The van der Waals surface area contributed by atoms with Crippen LogP contribution in [0.3, 0.4) is 0 Å². The zero-order valence-electron chi connectivity index (χ0n) is 11.3. The molecule has 1 aromatic carbocycles. The van der Waals surface area contributed by atoms with Crippen LogP contribution in [0, 0.1) is 0 Å². The minimum Gasteiger partial charge on any atom is -0.316 e. The first kappa shape index (κ1) is 15.1. The summed E-state index contributed by atoms with van der Waals surface area (Å²) in [4.78, 5) is 0. The summed E-state index contributed by atoms with van der Waals surface area (Å²) in [7, 11) is 0.337. The average Bonchev–Trinajstić information content (AvgIpc) is 2.32. The summed E-state index contributed by atoms with van der Waals surface area (Å²) in [6.45, 7) is 3.33. The van der Waals surface area contributed by atoms with Crippen LogP contribution < -0.4 is 5.32 Å². The SMILES string of the molecule is CCCN(C)S(=O)(=O)Cc1ccc(CNC)cc1. The van der Waals surface area contributed by atoms with Gasteiger partial charge in [0.05, 0.1) is 5.75 Å². The van der Waals surface area contributed by atoms with Crippen molar-refractivity contribution in [1.82, 2.24) is 9.62 Å². The van der Waals surface area contributed by atoms with E-state index < -0.39 is 10.0 Å². The highest BCUT2D eigenvalue weighted by molar-refractivity contribution is 7.88. The average molecular weight is 270 g/mol. The molecule has 1 rings (SSSR count). The molecule has 102 valence electrons. The van der Waals surface area contributed by atoms with Gasteiger partial charge in [-0.25, -0.2) is 12.7 Å². The zero-order valence-corrected chi connectivity index (χ0v) is 12.1. The van der Waals surface area contributed by atoms with Gasteiger partial charge in [0, 0.05) is 20.1 Å². The normalized spacial score (nSPS) is 12.0. The van der Waals surface area contributed by atoms with Crippen LogP contribution in [0.5, 0.6) is 0 Å². The quantitative estimate of drug-likeness (QED) is 0.818. The molecule has 0 unspecified atom stereocenters. The summed E-state index contributed by atoms with van der Waals surface area (Å²) >= 11 is 0. The van der Waals surface area contributed by atoms with Gasteiger partial charge in [-0.15, -0.1) is 0 Å². The maximum Gasteiger partial charge on any atom is 0.218 e. The molecule has 0 aliphatic heterocycles. The van der Waals surface area contributed by atoms with E-state index in [1.54, 1.807) is 7.05 Å². The van der Waals surface area contributed by atoms with Gasteiger partial charge in [0.25, 0.3) is 0 Å². The van der Waals surface area contributed by atoms with Crippen LogP contribution in [0.4, 0.5) is 0 Å². The van der Waals surface area contributed by atoms with Gasteiger partial charge in [0.15, 0.2) is 0 Å². The van der Waals surface area contributed by atoms with Crippen LogP contribution >= 0.6 is 0 Å². The van der Waals surface area contributed by atoms with E-state index in [4.69, 9.17) is 0 Å². The second-order valence-electron chi connectivity index (χ2n) is 4.42. The molecule has 0 aromatic heterocycles. The van der Waals surface area contributed by atoms with Gasteiger partial charge in [-0.05, 0) is 24.6 Å². The third-order valence-corrected chi connectivity index (χ3v) is 4.60. The molecule has 0 saturated heterocycles. The monoisotopic (exact) mass is 270 g/mol. The van der Waals surface area contributed by atoms with Crippen LogP contribution in [-0.2, 0) is 22.3 Å². The van der Waals surface area contributed by atoms with Gasteiger partial charge >= 0.3 is 0 Å². The minimum atomic E-state index is -3.18. The van der Waals surface area contributed by atoms with Gasteiger partial charge in [-0.2, -0.15) is 0 Å². The molecule has 0 bridgehead atoms. The van der Waals surface area contributed by atoms with Crippen molar-refractivity contribution in [2.45, 2.75) is 25.6 Å². The lowest BCUT2D eigenvalue weighted by Gasteiger charge is -2.16. The second-order valence-corrected chi connectivity index (χ2v) is 6.50. The van der Waals surface area contributed by atoms with E-state index in [1.165, 1.54) is 4.31 Å². The molecule has 4 nitrogen and oxygen atoms in total. The Bertz CT molecular complexity index is 454. The Labute approximate surface area is 110 Å². The first-order chi connectivity index (χ1) is 8.49. The molecule has 0 aliphatic rings. The number of sulfonamides is 1. The Morgan fingerprint density at radius 3 is 2.22 bits per heavy atom. The van der Waals surface area contributed by atoms with Crippen LogP contribution in [0.1, 0.15) is 24.5 Å². The molecule has 0 aliphatic carbocycles. The highest BCUT2D eigenvalue weighted by Gasteiger charge is 2.17. The smallest absolute Gasteiger partial charge is 0.218 e. The molecule has 0 fully saturated rings. The summed E-state index contributed by atoms with van der Waals surface area (Å²) in [6, 6.07) is 7.68. The molecule has 0 amide bonds. The second kappa shape index (κ2) is 6.87. The molecule has 0 spiro atoms. The maximum atomic E-state index is 12.0. The third kappa shape index (κ3) is 4.40. The molecule has 0 atom stereocenters. The Hall–Kier alpha value is -0.910. The van der Waals surface area contributed by atoms with Crippen molar-refractivity contribution in [2.75, 3.05) is 20.6 Å². The highest BCUT2D eigenvalue weighted by Crippen LogP contribution is 2.11. The fraction of sp³-hybridized carbons (Fsp3) is 0.538. The summed E-state index contributed by atoms with van der Waals surface area (Å²) in [6.07, 6.45) is 0.830. The molecule has 5 heteroatoms. The van der Waals surface area contributed by atoms with Crippen molar-refractivity contribution >= 4 is 10.0 Å². The van der Waals surface area contributed by atoms with Crippen LogP contribution in [0.15, 0.2) is 24.3 Å². The molecule has 1 aromatic rings. The largest absolute Gasteiger partial charge is 0.316 e. The van der Waals surface area contributed by atoms with Crippen LogP contribution in [-0.4, -0.2) is 33.4 Å². The molecular weight excluding hydrogens is 248 g/mol. The topological polar surface area (TPSA) is 49.4 Å². The number of hydrogen-bond acceptors (Lipinski definition) is 3. The lowest BCUT2D eigenvalue weighted by Crippen LogP contribution is -2.28. The number of benzene rings is 1. The molecular formula is C13H22N2O2S. The van der Waals surface area contributed by atoms with Crippen molar-refractivity contribution in [2.24, 2.45) is 0 Å². The van der Waals surface area contributed by atoms with Crippen molar-refractivity contribution < 1.29 is 8.42 Å². The van der Waals surface area contributed by atoms with Crippen molar-refractivity contribution in [1.29, 1.82) is 0 Å². The van der Waals surface area contributed by atoms with E-state index in [0.29, 0.717) is 6.54 Å². The Morgan fingerprint density at radius 2 is 1.72 bits per heavy atom. The first-order valence-electron chi connectivity index (χ1n) is 6.16. The Balaban J connectivity index is 2.72. The van der Waals surface area contributed by atoms with Crippen molar-refractivity contribution in [3.05, 3.63) is 35.4 Å². The lowest BCUT2D eigenvalue weighted by atomic mass is 10.1. The number of nitrogens with one attached hydrogen (secondary N) is 1. The summed E-state index contributed by atoms with van der Waals surface area (Å²) in [5.74, 6) is 0.0728. The van der Waals surface area contributed by atoms with Crippen LogP contribution in [0.25, 0.3) is 0 Å². The van der Waals surface area contributed by atoms with Crippen molar-refractivity contribution in [3.63, 3.8) is 0 Å². The van der Waals surface area contributed by atoms with Gasteiger partial charge in [-0.1, -0.05) is 31.2 Å². The Kier molecular flexibility index (Phi) is 5.78. The number of rotatable bonds is 7. The minimum absolute atomic E-state index is 0.0728. The zero-order chi connectivity index (χ0) is 13.6. The maximum absolute atomic E-state index is 12.0. The molecule has 0 heterocycles. The molecule has 0 saturated carbocycles. The van der Waals surface area contributed by atoms with E-state index in [9.17, 15) is 8.42 Å².